The number of hydrogen-bond acceptors (Lipinski definition) is 5. The molecule has 158 valence electrons. The minimum Gasteiger partial charge on any atom is -0.486 e. The van der Waals surface area contributed by atoms with Crippen LogP contribution in [0.1, 0.15) is 10.4 Å². The topological polar surface area (TPSA) is 85.9 Å². The summed E-state index contributed by atoms with van der Waals surface area (Å²) in [7, 11) is 0. The second kappa shape index (κ2) is 9.67. The highest BCUT2D eigenvalue weighted by atomic mass is 16.6. The SMILES string of the molecule is O=C(COc1ccccc1)Nc1ccc(C(=O)NCC2COc3ccccc3O2)cc1. The Labute approximate surface area is 179 Å². The molecular formula is C24H22N2O5. The molecule has 0 saturated carbocycles. The van der Waals surface area contributed by atoms with Gasteiger partial charge in [-0.1, -0.05) is 30.3 Å². The predicted octanol–water partition coefficient (Wildman–Crippen LogP) is 3.27. The van der Waals surface area contributed by atoms with Crippen molar-refractivity contribution in [1.29, 1.82) is 0 Å². The van der Waals surface area contributed by atoms with Crippen molar-refractivity contribution in [3.8, 4) is 17.2 Å². The van der Waals surface area contributed by atoms with Crippen molar-refractivity contribution >= 4 is 17.5 Å². The van der Waals surface area contributed by atoms with E-state index in [0.29, 0.717) is 41.7 Å². The van der Waals surface area contributed by atoms with Gasteiger partial charge in [0.05, 0.1) is 6.54 Å². The molecule has 0 radical (unpaired) electrons. The number of nitrogens with one attached hydrogen (secondary N) is 2. The first-order valence-corrected chi connectivity index (χ1v) is 9.92. The largest absolute Gasteiger partial charge is 0.486 e. The number of para-hydroxylation sites is 3. The molecule has 2 amide bonds. The van der Waals surface area contributed by atoms with E-state index >= 15 is 0 Å². The first-order chi connectivity index (χ1) is 15.2. The number of rotatable bonds is 7. The highest BCUT2D eigenvalue weighted by Gasteiger charge is 2.21. The van der Waals surface area contributed by atoms with Crippen LogP contribution in [0.15, 0.2) is 78.9 Å². The molecule has 4 rings (SSSR count). The Balaban J connectivity index is 1.23. The van der Waals surface area contributed by atoms with E-state index < -0.39 is 0 Å². The van der Waals surface area contributed by atoms with E-state index in [1.165, 1.54) is 0 Å². The Hall–Kier alpha value is -4.00. The van der Waals surface area contributed by atoms with Gasteiger partial charge in [0, 0.05) is 11.3 Å². The third-order valence-electron chi connectivity index (χ3n) is 4.60. The molecule has 0 aliphatic carbocycles. The molecule has 7 nitrogen and oxygen atoms in total. The van der Waals surface area contributed by atoms with E-state index in [0.717, 1.165) is 0 Å². The molecule has 0 fully saturated rings. The van der Waals surface area contributed by atoms with Gasteiger partial charge >= 0.3 is 0 Å². The van der Waals surface area contributed by atoms with Crippen molar-refractivity contribution < 1.29 is 23.8 Å². The van der Waals surface area contributed by atoms with E-state index in [1.807, 2.05) is 42.5 Å². The average Bonchev–Trinajstić information content (AvgIpc) is 2.82. The van der Waals surface area contributed by atoms with E-state index in [2.05, 4.69) is 10.6 Å². The maximum absolute atomic E-state index is 12.4. The van der Waals surface area contributed by atoms with Gasteiger partial charge in [0.2, 0.25) is 0 Å². The number of benzene rings is 3. The maximum Gasteiger partial charge on any atom is 0.262 e. The minimum absolute atomic E-state index is 0.0984. The molecule has 0 saturated heterocycles. The summed E-state index contributed by atoms with van der Waals surface area (Å²) in [6.45, 7) is 0.592. The number of amides is 2. The van der Waals surface area contributed by atoms with Gasteiger partial charge in [0.1, 0.15) is 18.5 Å². The molecular weight excluding hydrogens is 396 g/mol. The molecule has 1 aliphatic heterocycles. The van der Waals surface area contributed by atoms with Gasteiger partial charge in [-0.05, 0) is 48.5 Å². The van der Waals surface area contributed by atoms with Gasteiger partial charge < -0.3 is 24.8 Å². The maximum atomic E-state index is 12.4. The number of fused-ring (bicyclic) bond motifs is 1. The zero-order valence-corrected chi connectivity index (χ0v) is 16.7. The summed E-state index contributed by atoms with van der Waals surface area (Å²) in [6.07, 6.45) is -0.262. The summed E-state index contributed by atoms with van der Waals surface area (Å²) in [4.78, 5) is 24.4. The van der Waals surface area contributed by atoms with Crippen LogP contribution in [0.3, 0.4) is 0 Å². The van der Waals surface area contributed by atoms with Crippen molar-refractivity contribution in [3.05, 3.63) is 84.4 Å². The molecule has 1 heterocycles. The van der Waals surface area contributed by atoms with E-state index in [1.54, 1.807) is 36.4 Å². The van der Waals surface area contributed by atoms with Crippen molar-refractivity contribution in [1.82, 2.24) is 5.32 Å². The van der Waals surface area contributed by atoms with Crippen LogP contribution in [0.5, 0.6) is 17.2 Å². The molecule has 3 aromatic carbocycles. The second-order valence-corrected chi connectivity index (χ2v) is 6.93. The van der Waals surface area contributed by atoms with Crippen LogP contribution in [-0.4, -0.2) is 37.7 Å². The Morgan fingerprint density at radius 1 is 0.903 bits per heavy atom. The fourth-order valence-electron chi connectivity index (χ4n) is 3.04. The summed E-state index contributed by atoms with van der Waals surface area (Å²) in [5.74, 6) is 1.49. The fourth-order valence-corrected chi connectivity index (χ4v) is 3.04. The lowest BCUT2D eigenvalue weighted by Crippen LogP contribution is -2.40. The van der Waals surface area contributed by atoms with Crippen molar-refractivity contribution in [2.45, 2.75) is 6.10 Å². The van der Waals surface area contributed by atoms with Crippen molar-refractivity contribution in [2.24, 2.45) is 0 Å². The lowest BCUT2D eigenvalue weighted by Gasteiger charge is -2.26. The van der Waals surface area contributed by atoms with Gasteiger partial charge in [-0.15, -0.1) is 0 Å². The van der Waals surface area contributed by atoms with E-state index in [4.69, 9.17) is 14.2 Å². The summed E-state index contributed by atoms with van der Waals surface area (Å²) in [5, 5.41) is 5.59. The highest BCUT2D eigenvalue weighted by Crippen LogP contribution is 2.30. The third kappa shape index (κ3) is 5.54. The Morgan fingerprint density at radius 2 is 1.61 bits per heavy atom. The number of ether oxygens (including phenoxy) is 3. The smallest absolute Gasteiger partial charge is 0.262 e. The monoisotopic (exact) mass is 418 g/mol. The first-order valence-electron chi connectivity index (χ1n) is 9.92. The first kappa shape index (κ1) is 20.3. The Bertz CT molecular complexity index is 1040. The summed E-state index contributed by atoms with van der Waals surface area (Å²) in [5.41, 5.74) is 1.06. The molecule has 0 bridgehead atoms. The second-order valence-electron chi connectivity index (χ2n) is 6.93. The molecule has 0 aromatic heterocycles. The molecule has 0 spiro atoms. The molecule has 1 aliphatic rings. The average molecular weight is 418 g/mol. The molecule has 1 atom stereocenters. The number of carbonyl (C=O) groups is 2. The van der Waals surface area contributed by atoms with E-state index in [9.17, 15) is 9.59 Å². The van der Waals surface area contributed by atoms with Gasteiger partial charge in [0.15, 0.2) is 18.1 Å². The lowest BCUT2D eigenvalue weighted by atomic mass is 10.2. The zero-order valence-electron chi connectivity index (χ0n) is 16.7. The van der Waals surface area contributed by atoms with Crippen LogP contribution in [0.25, 0.3) is 0 Å². The zero-order chi connectivity index (χ0) is 21.5. The molecule has 31 heavy (non-hydrogen) atoms. The van der Waals surface area contributed by atoms with Gasteiger partial charge in [0.25, 0.3) is 11.8 Å². The summed E-state index contributed by atoms with van der Waals surface area (Å²) in [6, 6.07) is 23.2. The minimum atomic E-state index is -0.282. The van der Waals surface area contributed by atoms with Crippen molar-refractivity contribution in [3.63, 3.8) is 0 Å². The van der Waals surface area contributed by atoms with Crippen LogP contribution in [0.2, 0.25) is 0 Å². The molecule has 7 heteroatoms. The molecule has 2 N–H and O–H groups in total. The number of hydrogen-bond donors (Lipinski definition) is 2. The van der Waals surface area contributed by atoms with Gasteiger partial charge in [-0.25, -0.2) is 0 Å². The Morgan fingerprint density at radius 3 is 2.39 bits per heavy atom. The van der Waals surface area contributed by atoms with Gasteiger partial charge in [-0.3, -0.25) is 9.59 Å². The number of carbonyl (C=O) groups excluding carboxylic acids is 2. The van der Waals surface area contributed by atoms with Crippen LogP contribution >= 0.6 is 0 Å². The highest BCUT2D eigenvalue weighted by molar-refractivity contribution is 5.96. The van der Waals surface area contributed by atoms with Crippen molar-refractivity contribution in [2.75, 3.05) is 25.1 Å². The fraction of sp³-hybridized carbons (Fsp3) is 0.167. The quantitative estimate of drug-likeness (QED) is 0.615. The normalized spacial score (nSPS) is 14.4. The van der Waals surface area contributed by atoms with Crippen LogP contribution < -0.4 is 24.8 Å². The molecule has 3 aromatic rings. The summed E-state index contributed by atoms with van der Waals surface area (Å²) < 4.78 is 16.9. The summed E-state index contributed by atoms with van der Waals surface area (Å²) >= 11 is 0. The van der Waals surface area contributed by atoms with Crippen LogP contribution in [0.4, 0.5) is 5.69 Å². The van der Waals surface area contributed by atoms with Crippen LogP contribution in [0, 0.1) is 0 Å². The third-order valence-corrected chi connectivity index (χ3v) is 4.60. The van der Waals surface area contributed by atoms with E-state index in [-0.39, 0.29) is 24.5 Å². The molecule has 1 unspecified atom stereocenters. The van der Waals surface area contributed by atoms with Gasteiger partial charge in [-0.2, -0.15) is 0 Å². The standard InChI is InChI=1S/C24H22N2O5/c27-23(16-29-19-6-2-1-3-7-19)26-18-12-10-17(11-13-18)24(28)25-14-20-15-30-21-8-4-5-9-22(21)31-20/h1-13,20H,14-16H2,(H,25,28)(H,26,27). The number of anilines is 1. The van der Waals surface area contributed by atoms with Crippen LogP contribution in [-0.2, 0) is 4.79 Å². The lowest BCUT2D eigenvalue weighted by molar-refractivity contribution is -0.118. The predicted molar refractivity (Wildman–Crippen MR) is 116 cm³/mol. The Kier molecular flexibility index (Phi) is 6.32.